The molecule has 0 radical (unpaired) electrons. The first-order valence-corrected chi connectivity index (χ1v) is 10.7. The van der Waals surface area contributed by atoms with E-state index < -0.39 is 5.92 Å². The predicted molar refractivity (Wildman–Crippen MR) is 111 cm³/mol. The molecular weight excluding hydrogens is 413 g/mol. The molecule has 5 nitrogen and oxygen atoms in total. The number of phenols is 1. The Bertz CT molecular complexity index is 883. The van der Waals surface area contributed by atoms with Gasteiger partial charge in [0.25, 0.3) is 0 Å². The summed E-state index contributed by atoms with van der Waals surface area (Å²) < 4.78 is 5.29. The lowest BCUT2D eigenvalue weighted by molar-refractivity contribution is -0.117. The number of methoxy groups -OCH3 is 1. The fourth-order valence-electron chi connectivity index (χ4n) is 4.75. The minimum Gasteiger partial charge on any atom is -0.505 e. The molecule has 0 saturated carbocycles. The van der Waals surface area contributed by atoms with Gasteiger partial charge in [0, 0.05) is 55.0 Å². The van der Waals surface area contributed by atoms with Crippen LogP contribution in [-0.4, -0.2) is 41.8 Å². The molecule has 154 valence electrons. The van der Waals surface area contributed by atoms with Gasteiger partial charge in [-0.1, -0.05) is 23.2 Å². The first-order chi connectivity index (χ1) is 13.9. The molecule has 0 aromatic heterocycles. The summed E-state index contributed by atoms with van der Waals surface area (Å²) in [7, 11) is 1.65. The monoisotopic (exact) mass is 435 g/mol. The van der Waals surface area contributed by atoms with Gasteiger partial charge in [-0.3, -0.25) is 9.59 Å². The van der Waals surface area contributed by atoms with Crippen molar-refractivity contribution >= 4 is 34.8 Å². The Labute approximate surface area is 179 Å². The second kappa shape index (κ2) is 8.13. The summed E-state index contributed by atoms with van der Waals surface area (Å²) in [6, 6.07) is 3.24. The van der Waals surface area contributed by atoms with E-state index in [0.717, 1.165) is 37.1 Å². The van der Waals surface area contributed by atoms with Crippen LogP contribution in [0.1, 0.15) is 50.0 Å². The Balaban J connectivity index is 1.95. The summed E-state index contributed by atoms with van der Waals surface area (Å²) in [5.74, 6) is -0.564. The van der Waals surface area contributed by atoms with Gasteiger partial charge < -0.3 is 14.7 Å². The van der Waals surface area contributed by atoms with E-state index in [4.69, 9.17) is 27.9 Å². The third-order valence-corrected chi connectivity index (χ3v) is 6.55. The van der Waals surface area contributed by atoms with Gasteiger partial charge in [-0.25, -0.2) is 0 Å². The number of nitrogens with zero attached hydrogens (tertiary/aromatic N) is 1. The minimum absolute atomic E-state index is 0.0592. The molecule has 0 atom stereocenters. The number of carbonyl (C=O) groups is 2. The second-order valence-corrected chi connectivity index (χ2v) is 8.50. The second-order valence-electron chi connectivity index (χ2n) is 7.68. The van der Waals surface area contributed by atoms with E-state index in [9.17, 15) is 14.7 Å². The summed E-state index contributed by atoms with van der Waals surface area (Å²) in [4.78, 5) is 28.3. The van der Waals surface area contributed by atoms with Crippen molar-refractivity contribution in [2.75, 3.05) is 20.3 Å². The molecule has 7 heteroatoms. The summed E-state index contributed by atoms with van der Waals surface area (Å²) in [6.07, 6.45) is 4.08. The topological polar surface area (TPSA) is 66.8 Å². The van der Waals surface area contributed by atoms with Crippen LogP contribution in [0, 0.1) is 0 Å². The average Bonchev–Trinajstić information content (AvgIpc) is 2.70. The maximum atomic E-state index is 13.1. The highest BCUT2D eigenvalue weighted by Gasteiger charge is 2.43. The van der Waals surface area contributed by atoms with E-state index in [0.29, 0.717) is 42.7 Å². The molecule has 4 rings (SSSR count). The van der Waals surface area contributed by atoms with Crippen molar-refractivity contribution in [3.8, 4) is 5.75 Å². The molecule has 3 aliphatic rings. The fraction of sp³-hybridized carbons (Fsp3) is 0.455. The smallest absolute Gasteiger partial charge is 0.161 e. The Morgan fingerprint density at radius 3 is 2.00 bits per heavy atom. The molecule has 1 aromatic carbocycles. The summed E-state index contributed by atoms with van der Waals surface area (Å²) >= 11 is 12.4. The maximum Gasteiger partial charge on any atom is 0.161 e. The van der Waals surface area contributed by atoms with Crippen LogP contribution in [-0.2, 0) is 14.3 Å². The lowest BCUT2D eigenvalue weighted by Gasteiger charge is -2.44. The Hall–Kier alpha value is -1.82. The van der Waals surface area contributed by atoms with Crippen LogP contribution in [0.2, 0.25) is 10.0 Å². The zero-order valence-electron chi connectivity index (χ0n) is 16.3. The highest BCUT2D eigenvalue weighted by Crippen LogP contribution is 2.50. The van der Waals surface area contributed by atoms with Crippen LogP contribution in [0.15, 0.2) is 34.7 Å². The lowest BCUT2D eigenvalue weighted by Crippen LogP contribution is -2.40. The highest BCUT2D eigenvalue weighted by atomic mass is 35.5. The van der Waals surface area contributed by atoms with E-state index >= 15 is 0 Å². The molecule has 0 saturated heterocycles. The minimum atomic E-state index is -0.491. The van der Waals surface area contributed by atoms with Gasteiger partial charge in [-0.2, -0.15) is 0 Å². The zero-order chi connectivity index (χ0) is 20.7. The summed E-state index contributed by atoms with van der Waals surface area (Å²) in [5, 5.41) is 10.2. The third kappa shape index (κ3) is 3.49. The molecule has 0 unspecified atom stereocenters. The number of aromatic hydroxyl groups is 1. The van der Waals surface area contributed by atoms with Gasteiger partial charge in [0.1, 0.15) is 0 Å². The van der Waals surface area contributed by atoms with Gasteiger partial charge in [0.05, 0.1) is 16.7 Å². The fourth-order valence-corrected chi connectivity index (χ4v) is 5.26. The number of allylic oxidation sites excluding steroid dienone is 4. The van der Waals surface area contributed by atoms with Crippen LogP contribution in [0.5, 0.6) is 5.75 Å². The van der Waals surface area contributed by atoms with Crippen molar-refractivity contribution in [1.29, 1.82) is 0 Å². The summed E-state index contributed by atoms with van der Waals surface area (Å²) in [6.45, 7) is 1.12. The Kier molecular flexibility index (Phi) is 5.74. The van der Waals surface area contributed by atoms with Gasteiger partial charge in [-0.05, 0) is 43.4 Å². The number of carbonyl (C=O) groups excluding carboxylic acids is 2. The molecule has 0 amide bonds. The summed E-state index contributed by atoms with van der Waals surface area (Å²) in [5.41, 5.74) is 3.97. The number of rotatable bonds is 4. The molecule has 0 fully saturated rings. The van der Waals surface area contributed by atoms with Crippen molar-refractivity contribution < 1.29 is 19.4 Å². The number of Topliss-reactive ketones (excluding diaryl/α,β-unsaturated/α-hetero) is 2. The molecule has 1 N–H and O–H groups in total. The SMILES string of the molecule is COCCN1C2=C(C(=O)CCC2)C(c2cc(Cl)c(O)c(Cl)c2)C2=C1CCCC2=O. The molecule has 1 heterocycles. The van der Waals surface area contributed by atoms with E-state index in [2.05, 4.69) is 4.90 Å². The largest absolute Gasteiger partial charge is 0.505 e. The van der Waals surface area contributed by atoms with Gasteiger partial charge >= 0.3 is 0 Å². The van der Waals surface area contributed by atoms with Crippen LogP contribution >= 0.6 is 23.2 Å². The van der Waals surface area contributed by atoms with E-state index in [1.165, 1.54) is 0 Å². The number of ketones is 2. The number of hydrogen-bond donors (Lipinski definition) is 1. The molecular formula is C22H23Cl2NO4. The van der Waals surface area contributed by atoms with Gasteiger partial charge in [0.15, 0.2) is 17.3 Å². The van der Waals surface area contributed by atoms with Gasteiger partial charge in [0.2, 0.25) is 0 Å². The number of benzene rings is 1. The van der Waals surface area contributed by atoms with E-state index in [1.807, 2.05) is 0 Å². The van der Waals surface area contributed by atoms with Crippen molar-refractivity contribution in [2.45, 2.75) is 44.4 Å². The van der Waals surface area contributed by atoms with E-state index in [-0.39, 0.29) is 27.4 Å². The molecule has 1 aromatic rings. The standard InChI is InChI=1S/C22H23Cl2NO4/c1-29-9-8-25-15-4-2-6-17(26)20(15)19(21-16(25)5-3-7-18(21)27)12-10-13(23)22(28)14(24)11-12/h10-11,19,28H,2-9H2,1H3. The molecule has 1 aliphatic heterocycles. The van der Waals surface area contributed by atoms with Crippen LogP contribution in [0.25, 0.3) is 0 Å². The van der Waals surface area contributed by atoms with Gasteiger partial charge in [-0.15, -0.1) is 0 Å². The number of halogens is 2. The normalized spacial score (nSPS) is 20.3. The van der Waals surface area contributed by atoms with Crippen molar-refractivity contribution in [3.63, 3.8) is 0 Å². The highest BCUT2D eigenvalue weighted by molar-refractivity contribution is 6.37. The predicted octanol–water partition coefficient (Wildman–Crippen LogP) is 4.76. The molecule has 0 spiro atoms. The number of phenolic OH excluding ortho intramolecular Hbond substituents is 1. The number of ether oxygens (including phenoxy) is 1. The Morgan fingerprint density at radius 2 is 1.52 bits per heavy atom. The quantitative estimate of drug-likeness (QED) is 0.738. The molecule has 0 bridgehead atoms. The zero-order valence-corrected chi connectivity index (χ0v) is 17.8. The van der Waals surface area contributed by atoms with Crippen LogP contribution in [0.4, 0.5) is 0 Å². The molecule has 2 aliphatic carbocycles. The van der Waals surface area contributed by atoms with Crippen LogP contribution in [0.3, 0.4) is 0 Å². The van der Waals surface area contributed by atoms with Crippen molar-refractivity contribution in [3.05, 3.63) is 50.3 Å². The van der Waals surface area contributed by atoms with Crippen molar-refractivity contribution in [2.24, 2.45) is 0 Å². The number of hydrogen-bond acceptors (Lipinski definition) is 5. The van der Waals surface area contributed by atoms with Crippen molar-refractivity contribution in [1.82, 2.24) is 4.90 Å². The lowest BCUT2D eigenvalue weighted by atomic mass is 9.71. The van der Waals surface area contributed by atoms with Crippen LogP contribution < -0.4 is 0 Å². The first-order valence-electron chi connectivity index (χ1n) is 9.91. The third-order valence-electron chi connectivity index (χ3n) is 5.98. The average molecular weight is 436 g/mol. The molecule has 29 heavy (non-hydrogen) atoms. The van der Waals surface area contributed by atoms with E-state index in [1.54, 1.807) is 19.2 Å². The Morgan fingerprint density at radius 1 is 1.00 bits per heavy atom. The maximum absolute atomic E-state index is 13.1. The first kappa shape index (κ1) is 20.5.